The number of anilines is 1. The number of benzene rings is 2. The van der Waals surface area contributed by atoms with E-state index in [1.165, 1.54) is 0 Å². The number of hydrogen-bond donors (Lipinski definition) is 3. The number of carbonyl (C=O) groups is 2. The molecule has 0 atom stereocenters. The highest BCUT2D eigenvalue weighted by atomic mass is 35.5. The van der Waals surface area contributed by atoms with Gasteiger partial charge >= 0.3 is 0 Å². The van der Waals surface area contributed by atoms with Crippen molar-refractivity contribution in [2.45, 2.75) is 12.8 Å². The number of para-hydroxylation sites is 1. The van der Waals surface area contributed by atoms with Crippen molar-refractivity contribution in [1.29, 1.82) is 0 Å². The third-order valence-electron chi connectivity index (χ3n) is 3.96. The molecule has 7 nitrogen and oxygen atoms in total. The maximum absolute atomic E-state index is 12.3. The summed E-state index contributed by atoms with van der Waals surface area (Å²) in [6.45, 7) is 1.09. The Bertz CT molecular complexity index is 927. The molecule has 31 heavy (non-hydrogen) atoms. The summed E-state index contributed by atoms with van der Waals surface area (Å²) in [6.07, 6.45) is 0.665. The van der Waals surface area contributed by atoms with Gasteiger partial charge in [0.2, 0.25) is 5.91 Å². The Morgan fingerprint density at radius 2 is 1.87 bits per heavy atom. The summed E-state index contributed by atoms with van der Waals surface area (Å²) in [6, 6.07) is 11.8. The highest BCUT2D eigenvalue weighted by Crippen LogP contribution is 2.27. The van der Waals surface area contributed by atoms with Crippen LogP contribution in [-0.4, -0.2) is 43.8 Å². The molecule has 0 spiro atoms. The quantitative estimate of drug-likeness (QED) is 0.349. The van der Waals surface area contributed by atoms with Crippen molar-refractivity contribution >= 4 is 58.0 Å². The minimum atomic E-state index is -0.273. The molecule has 2 amide bonds. The Kier molecular flexibility index (Phi) is 10.5. The normalized spacial score (nSPS) is 10.3. The molecular formula is C21H23Cl2N3O4S. The summed E-state index contributed by atoms with van der Waals surface area (Å²) in [4.78, 5) is 24.4. The van der Waals surface area contributed by atoms with Crippen LogP contribution in [0.2, 0.25) is 10.0 Å². The number of thiocarbonyl (C=S) groups is 1. The monoisotopic (exact) mass is 483 g/mol. The van der Waals surface area contributed by atoms with E-state index < -0.39 is 0 Å². The number of halogens is 2. The second-order valence-electron chi connectivity index (χ2n) is 6.32. The first-order chi connectivity index (χ1) is 14.9. The van der Waals surface area contributed by atoms with Gasteiger partial charge in [-0.1, -0.05) is 35.3 Å². The zero-order valence-corrected chi connectivity index (χ0v) is 19.2. The molecule has 0 unspecified atom stereocenters. The van der Waals surface area contributed by atoms with Crippen LogP contribution in [0.3, 0.4) is 0 Å². The van der Waals surface area contributed by atoms with Crippen LogP contribution >= 0.6 is 35.4 Å². The van der Waals surface area contributed by atoms with Crippen molar-refractivity contribution in [2.75, 3.05) is 32.2 Å². The molecule has 10 heteroatoms. The van der Waals surface area contributed by atoms with Gasteiger partial charge in [0.15, 0.2) is 5.11 Å². The zero-order valence-electron chi connectivity index (χ0n) is 16.9. The average molecular weight is 484 g/mol. The van der Waals surface area contributed by atoms with Crippen LogP contribution in [0.5, 0.6) is 5.75 Å². The molecule has 2 aromatic rings. The fourth-order valence-corrected chi connectivity index (χ4v) is 3.19. The Balaban J connectivity index is 1.78. The zero-order chi connectivity index (χ0) is 22.6. The van der Waals surface area contributed by atoms with Crippen LogP contribution < -0.4 is 20.7 Å². The molecule has 0 aromatic heterocycles. The minimum absolute atomic E-state index is 0.101. The third-order valence-corrected chi connectivity index (χ3v) is 4.70. The summed E-state index contributed by atoms with van der Waals surface area (Å²) in [5.74, 6) is -0.0401. The molecule has 166 valence electrons. The minimum Gasteiger partial charge on any atom is -0.492 e. The fourth-order valence-electron chi connectivity index (χ4n) is 2.50. The van der Waals surface area contributed by atoms with Crippen molar-refractivity contribution in [2.24, 2.45) is 0 Å². The summed E-state index contributed by atoms with van der Waals surface area (Å²) < 4.78 is 10.5. The van der Waals surface area contributed by atoms with Gasteiger partial charge in [0.05, 0.1) is 29.5 Å². The molecule has 2 rings (SSSR count). The number of amides is 2. The second-order valence-corrected chi connectivity index (χ2v) is 7.58. The van der Waals surface area contributed by atoms with E-state index in [1.54, 1.807) is 49.6 Å². The van der Waals surface area contributed by atoms with Gasteiger partial charge in [-0.05, 0) is 49.0 Å². The van der Waals surface area contributed by atoms with Crippen LogP contribution in [0.25, 0.3) is 0 Å². The van der Waals surface area contributed by atoms with Crippen molar-refractivity contribution in [3.05, 3.63) is 58.1 Å². The molecule has 0 fully saturated rings. The first-order valence-corrected chi connectivity index (χ1v) is 10.6. The molecule has 0 saturated carbocycles. The number of rotatable bonds is 10. The van der Waals surface area contributed by atoms with Crippen molar-refractivity contribution < 1.29 is 19.1 Å². The van der Waals surface area contributed by atoms with Gasteiger partial charge in [0.1, 0.15) is 5.75 Å². The Hall–Kier alpha value is -2.39. The molecule has 0 bridgehead atoms. The van der Waals surface area contributed by atoms with Gasteiger partial charge in [-0.2, -0.15) is 0 Å². The van der Waals surface area contributed by atoms with E-state index in [1.807, 2.05) is 0 Å². The van der Waals surface area contributed by atoms with Crippen LogP contribution in [-0.2, 0) is 9.53 Å². The highest BCUT2D eigenvalue weighted by Gasteiger charge is 2.12. The van der Waals surface area contributed by atoms with Crippen molar-refractivity contribution in [1.82, 2.24) is 10.6 Å². The lowest BCUT2D eigenvalue weighted by Gasteiger charge is -2.13. The lowest BCUT2D eigenvalue weighted by molar-refractivity contribution is -0.119. The van der Waals surface area contributed by atoms with Gasteiger partial charge in [-0.25, -0.2) is 0 Å². The SMILES string of the molecule is COCCNC(=O)c1ccccc1NC(=S)NC(=O)CCCOc1ccc(Cl)cc1Cl. The Labute approximate surface area is 196 Å². The van der Waals surface area contributed by atoms with Gasteiger partial charge in [0.25, 0.3) is 5.91 Å². The number of nitrogens with one attached hydrogen (secondary N) is 3. The van der Waals surface area contributed by atoms with Crippen molar-refractivity contribution in [3.63, 3.8) is 0 Å². The lowest BCUT2D eigenvalue weighted by atomic mass is 10.1. The first kappa shape index (κ1) is 24.9. The van der Waals surface area contributed by atoms with E-state index in [2.05, 4.69) is 16.0 Å². The summed E-state index contributed by atoms with van der Waals surface area (Å²) >= 11 is 17.1. The topological polar surface area (TPSA) is 88.7 Å². The number of methoxy groups -OCH3 is 1. The first-order valence-electron chi connectivity index (χ1n) is 9.45. The molecule has 2 aromatic carbocycles. The van der Waals surface area contributed by atoms with Crippen molar-refractivity contribution in [3.8, 4) is 5.75 Å². The molecule has 0 radical (unpaired) electrons. The van der Waals surface area contributed by atoms with E-state index >= 15 is 0 Å². The average Bonchev–Trinajstić information content (AvgIpc) is 2.73. The van der Waals surface area contributed by atoms with Gasteiger partial charge in [-0.3, -0.25) is 9.59 Å². The van der Waals surface area contributed by atoms with Gasteiger partial charge in [-0.15, -0.1) is 0 Å². The summed E-state index contributed by atoms with van der Waals surface area (Å²) in [5, 5.41) is 9.26. The largest absolute Gasteiger partial charge is 0.492 e. The maximum atomic E-state index is 12.3. The fraction of sp³-hybridized carbons (Fsp3) is 0.286. The Morgan fingerprint density at radius 3 is 2.61 bits per heavy atom. The van der Waals surface area contributed by atoms with Crippen LogP contribution in [0, 0.1) is 0 Å². The van der Waals surface area contributed by atoms with Gasteiger partial charge in [0, 0.05) is 25.1 Å². The van der Waals surface area contributed by atoms with E-state index in [4.69, 9.17) is 44.9 Å². The summed E-state index contributed by atoms with van der Waals surface area (Å²) in [5.41, 5.74) is 0.895. The molecule has 0 heterocycles. The number of hydrogen-bond acceptors (Lipinski definition) is 5. The molecule has 0 aliphatic carbocycles. The molecular weight excluding hydrogens is 461 g/mol. The lowest BCUT2D eigenvalue weighted by Crippen LogP contribution is -2.35. The highest BCUT2D eigenvalue weighted by molar-refractivity contribution is 7.80. The van der Waals surface area contributed by atoms with Crippen LogP contribution in [0.15, 0.2) is 42.5 Å². The number of carbonyl (C=O) groups excluding carboxylic acids is 2. The van der Waals surface area contributed by atoms with E-state index in [0.29, 0.717) is 53.2 Å². The predicted octanol–water partition coefficient (Wildman–Crippen LogP) is 4.04. The Morgan fingerprint density at radius 1 is 1.10 bits per heavy atom. The second kappa shape index (κ2) is 13.1. The summed E-state index contributed by atoms with van der Waals surface area (Å²) in [7, 11) is 1.56. The third kappa shape index (κ3) is 8.70. The smallest absolute Gasteiger partial charge is 0.253 e. The standard InChI is InChI=1S/C21H23Cl2N3O4S/c1-29-12-10-24-20(28)15-5-2-3-6-17(15)25-21(31)26-19(27)7-4-11-30-18-9-8-14(22)13-16(18)23/h2-3,5-6,8-9,13H,4,7,10-12H2,1H3,(H,24,28)(H2,25,26,27,31). The predicted molar refractivity (Wildman–Crippen MR) is 126 cm³/mol. The molecule has 3 N–H and O–H groups in total. The molecule has 0 aliphatic heterocycles. The van der Waals surface area contributed by atoms with Gasteiger partial charge < -0.3 is 25.4 Å². The number of ether oxygens (including phenoxy) is 2. The molecule has 0 aliphatic rings. The van der Waals surface area contributed by atoms with E-state index in [-0.39, 0.29) is 23.3 Å². The maximum Gasteiger partial charge on any atom is 0.253 e. The van der Waals surface area contributed by atoms with E-state index in [9.17, 15) is 9.59 Å². The van der Waals surface area contributed by atoms with Crippen LogP contribution in [0.4, 0.5) is 5.69 Å². The molecule has 0 saturated heterocycles. The van der Waals surface area contributed by atoms with Crippen LogP contribution in [0.1, 0.15) is 23.2 Å². The van der Waals surface area contributed by atoms with E-state index in [0.717, 1.165) is 0 Å².